The second-order valence-corrected chi connectivity index (χ2v) is 6.82. The quantitative estimate of drug-likeness (QED) is 0.748. The van der Waals surface area contributed by atoms with Crippen LogP contribution in [0.5, 0.6) is 0 Å². The van der Waals surface area contributed by atoms with Crippen LogP contribution in [0.2, 0.25) is 0 Å². The number of ether oxygens (including phenoxy) is 1. The van der Waals surface area contributed by atoms with E-state index >= 15 is 0 Å². The number of amides is 2. The van der Waals surface area contributed by atoms with Crippen molar-refractivity contribution >= 4 is 11.8 Å². The van der Waals surface area contributed by atoms with E-state index in [4.69, 9.17) is 10.5 Å². The molecule has 0 aromatic carbocycles. The van der Waals surface area contributed by atoms with Crippen LogP contribution in [0.1, 0.15) is 40.0 Å². The van der Waals surface area contributed by atoms with Gasteiger partial charge in [-0.2, -0.15) is 0 Å². The van der Waals surface area contributed by atoms with Crippen molar-refractivity contribution < 1.29 is 14.3 Å². The van der Waals surface area contributed by atoms with Crippen LogP contribution in [0.15, 0.2) is 0 Å². The number of morpholine rings is 1. The van der Waals surface area contributed by atoms with Crippen molar-refractivity contribution in [2.75, 3.05) is 32.8 Å². The van der Waals surface area contributed by atoms with E-state index < -0.39 is 0 Å². The number of rotatable bonds is 6. The maximum absolute atomic E-state index is 11.9. The second-order valence-electron chi connectivity index (χ2n) is 6.82. The highest BCUT2D eigenvalue weighted by Gasteiger charge is 2.19. The molecule has 21 heavy (non-hydrogen) atoms. The van der Waals surface area contributed by atoms with Crippen LogP contribution in [0.3, 0.4) is 0 Å². The lowest BCUT2D eigenvalue weighted by molar-refractivity contribution is -0.135. The lowest BCUT2D eigenvalue weighted by atomic mass is 9.87. The molecule has 1 saturated heterocycles. The summed E-state index contributed by atoms with van der Waals surface area (Å²) in [5.41, 5.74) is 6.08. The lowest BCUT2D eigenvalue weighted by Gasteiger charge is -2.27. The first kappa shape index (κ1) is 17.9. The first-order valence-corrected chi connectivity index (χ1v) is 7.66. The fourth-order valence-electron chi connectivity index (χ4n) is 2.45. The van der Waals surface area contributed by atoms with Crippen LogP contribution in [0.4, 0.5) is 0 Å². The normalized spacial score (nSPS) is 17.4. The van der Waals surface area contributed by atoms with Crippen molar-refractivity contribution in [1.29, 1.82) is 0 Å². The van der Waals surface area contributed by atoms with Gasteiger partial charge in [0.1, 0.15) is 0 Å². The molecule has 3 N–H and O–H groups in total. The van der Waals surface area contributed by atoms with Crippen molar-refractivity contribution in [2.24, 2.45) is 11.1 Å². The average Bonchev–Trinajstić information content (AvgIpc) is 2.37. The molecule has 2 amide bonds. The smallest absolute Gasteiger partial charge is 0.224 e. The average molecular weight is 299 g/mol. The van der Waals surface area contributed by atoms with Crippen LogP contribution in [0.25, 0.3) is 0 Å². The largest absolute Gasteiger partial charge is 0.378 e. The molecule has 0 aliphatic carbocycles. The van der Waals surface area contributed by atoms with Gasteiger partial charge in [0.2, 0.25) is 11.8 Å². The third-order valence-corrected chi connectivity index (χ3v) is 3.35. The summed E-state index contributed by atoms with van der Waals surface area (Å²) in [7, 11) is 0. The standard InChI is InChI=1S/C15H29N3O3/c1-15(2,3)11-12(16)10-13(19)17-5-4-14(20)18-6-8-21-9-7-18/h12H,4-11,16H2,1-3H3,(H,17,19). The molecule has 0 aromatic rings. The van der Waals surface area contributed by atoms with Crippen molar-refractivity contribution in [3.8, 4) is 0 Å². The number of hydrogen-bond acceptors (Lipinski definition) is 4. The minimum atomic E-state index is -0.139. The summed E-state index contributed by atoms with van der Waals surface area (Å²) < 4.78 is 5.20. The zero-order valence-corrected chi connectivity index (χ0v) is 13.5. The van der Waals surface area contributed by atoms with Gasteiger partial charge < -0.3 is 20.7 Å². The maximum atomic E-state index is 11.9. The highest BCUT2D eigenvalue weighted by Crippen LogP contribution is 2.20. The summed E-state index contributed by atoms with van der Waals surface area (Å²) in [4.78, 5) is 25.4. The molecule has 0 saturated carbocycles. The second kappa shape index (κ2) is 8.34. The Morgan fingerprint density at radius 3 is 2.48 bits per heavy atom. The van der Waals surface area contributed by atoms with Gasteiger partial charge in [-0.1, -0.05) is 20.8 Å². The number of nitrogens with one attached hydrogen (secondary N) is 1. The Labute approximate surface area is 127 Å². The van der Waals surface area contributed by atoms with Crippen molar-refractivity contribution in [2.45, 2.75) is 46.1 Å². The van der Waals surface area contributed by atoms with Gasteiger partial charge in [-0.3, -0.25) is 9.59 Å². The van der Waals surface area contributed by atoms with Gasteiger partial charge in [0.05, 0.1) is 13.2 Å². The molecule has 0 aromatic heterocycles. The topological polar surface area (TPSA) is 84.7 Å². The van der Waals surface area contributed by atoms with Gasteiger partial charge >= 0.3 is 0 Å². The Hall–Kier alpha value is -1.14. The minimum Gasteiger partial charge on any atom is -0.378 e. The summed E-state index contributed by atoms with van der Waals surface area (Å²) in [5.74, 6) is -0.0147. The molecule has 1 unspecified atom stereocenters. The molecule has 6 nitrogen and oxygen atoms in total. The highest BCUT2D eigenvalue weighted by molar-refractivity contribution is 5.79. The van der Waals surface area contributed by atoms with Gasteiger partial charge in [-0.15, -0.1) is 0 Å². The van der Waals surface area contributed by atoms with Crippen LogP contribution in [-0.2, 0) is 14.3 Å². The van der Waals surface area contributed by atoms with E-state index in [1.54, 1.807) is 4.90 Å². The van der Waals surface area contributed by atoms with E-state index in [1.807, 2.05) is 0 Å². The summed E-state index contributed by atoms with van der Waals surface area (Å²) in [5, 5.41) is 2.77. The monoisotopic (exact) mass is 299 g/mol. The van der Waals surface area contributed by atoms with Gasteiger partial charge in [0, 0.05) is 38.5 Å². The Balaban J connectivity index is 2.16. The Kier molecular flexibility index (Phi) is 7.11. The van der Waals surface area contributed by atoms with E-state index in [2.05, 4.69) is 26.1 Å². The predicted molar refractivity (Wildman–Crippen MR) is 81.7 cm³/mol. The number of nitrogens with zero attached hydrogens (tertiary/aromatic N) is 1. The van der Waals surface area contributed by atoms with Crippen molar-refractivity contribution in [1.82, 2.24) is 10.2 Å². The number of hydrogen-bond donors (Lipinski definition) is 2. The van der Waals surface area contributed by atoms with Gasteiger partial charge in [0.15, 0.2) is 0 Å². The molecule has 1 atom stereocenters. The van der Waals surface area contributed by atoms with Gasteiger partial charge in [-0.05, 0) is 11.8 Å². The fourth-order valence-corrected chi connectivity index (χ4v) is 2.45. The van der Waals surface area contributed by atoms with E-state index in [1.165, 1.54) is 0 Å². The third kappa shape index (κ3) is 8.02. The molecule has 6 heteroatoms. The molecule has 1 fully saturated rings. The third-order valence-electron chi connectivity index (χ3n) is 3.35. The maximum Gasteiger partial charge on any atom is 0.224 e. The van der Waals surface area contributed by atoms with Crippen LogP contribution in [0, 0.1) is 5.41 Å². The lowest BCUT2D eigenvalue weighted by Crippen LogP contribution is -2.42. The van der Waals surface area contributed by atoms with E-state index in [0.717, 1.165) is 6.42 Å². The molecule has 1 heterocycles. The predicted octanol–water partition coefficient (Wildman–Crippen LogP) is 0.505. The molecule has 0 radical (unpaired) electrons. The molecule has 1 aliphatic rings. The first-order valence-electron chi connectivity index (χ1n) is 7.66. The minimum absolute atomic E-state index is 0.0672. The summed E-state index contributed by atoms with van der Waals surface area (Å²) in [6.07, 6.45) is 1.44. The van der Waals surface area contributed by atoms with Crippen molar-refractivity contribution in [3.05, 3.63) is 0 Å². The van der Waals surface area contributed by atoms with Crippen molar-refractivity contribution in [3.63, 3.8) is 0 Å². The Bertz CT molecular complexity index is 347. The number of carbonyl (C=O) groups is 2. The molecule has 0 bridgehead atoms. The Morgan fingerprint density at radius 1 is 1.29 bits per heavy atom. The van der Waals surface area contributed by atoms with Crippen LogP contribution >= 0.6 is 0 Å². The van der Waals surface area contributed by atoms with E-state index in [-0.39, 0.29) is 23.3 Å². The first-order chi connectivity index (χ1) is 9.78. The number of nitrogens with two attached hydrogens (primary N) is 1. The van der Waals surface area contributed by atoms with Gasteiger partial charge in [0.25, 0.3) is 0 Å². The zero-order valence-electron chi connectivity index (χ0n) is 13.5. The molecular weight excluding hydrogens is 270 g/mol. The summed E-state index contributed by atoms with van der Waals surface area (Å²) in [6.45, 7) is 9.16. The number of carbonyl (C=O) groups excluding carboxylic acids is 2. The zero-order chi connectivity index (χ0) is 15.9. The summed E-state index contributed by atoms with van der Waals surface area (Å²) in [6, 6.07) is -0.139. The molecule has 1 aliphatic heterocycles. The molecule has 0 spiro atoms. The van der Waals surface area contributed by atoms with Crippen LogP contribution < -0.4 is 11.1 Å². The Morgan fingerprint density at radius 2 is 1.90 bits per heavy atom. The molecular formula is C15H29N3O3. The summed E-state index contributed by atoms with van der Waals surface area (Å²) >= 11 is 0. The van der Waals surface area contributed by atoms with E-state index in [0.29, 0.717) is 45.7 Å². The van der Waals surface area contributed by atoms with Crippen LogP contribution in [-0.4, -0.2) is 55.6 Å². The highest BCUT2D eigenvalue weighted by atomic mass is 16.5. The molecule has 1 rings (SSSR count). The SMILES string of the molecule is CC(C)(C)CC(N)CC(=O)NCCC(=O)N1CCOCC1. The molecule has 122 valence electrons. The fraction of sp³-hybridized carbons (Fsp3) is 0.867. The van der Waals surface area contributed by atoms with Gasteiger partial charge in [-0.25, -0.2) is 0 Å². The van der Waals surface area contributed by atoms with E-state index in [9.17, 15) is 9.59 Å².